The minimum atomic E-state index is -5.96. The topological polar surface area (TPSA) is 47.6 Å². The number of carbonyl (C=O) groups is 1. The third kappa shape index (κ3) is 3.09. The van der Waals surface area contributed by atoms with Gasteiger partial charge >= 0.3 is 18.0 Å². The van der Waals surface area contributed by atoms with Gasteiger partial charge in [0.1, 0.15) is 0 Å². The Balaban J connectivity index is 2.97. The van der Waals surface area contributed by atoms with E-state index in [1.165, 1.54) is 25.6 Å². The summed E-state index contributed by atoms with van der Waals surface area (Å²) in [6.45, 7) is 0. The van der Waals surface area contributed by atoms with Crippen LogP contribution in [-0.2, 0) is 4.79 Å². The summed E-state index contributed by atoms with van der Waals surface area (Å²) in [6, 6.07) is 3.41. The Hall–Kier alpha value is -2.06. The molecule has 0 bridgehead atoms. The first kappa shape index (κ1) is 16.0. The van der Waals surface area contributed by atoms with E-state index in [1.54, 1.807) is 0 Å². The SMILES string of the molecule is COc1ccc(NC(=O)C(F)(F)C(F)(F)F)cc1OC. The van der Waals surface area contributed by atoms with Crippen molar-refractivity contribution in [3.05, 3.63) is 18.2 Å². The minimum Gasteiger partial charge on any atom is -0.493 e. The molecule has 0 aliphatic carbocycles. The maximum Gasteiger partial charge on any atom is 0.463 e. The molecule has 4 nitrogen and oxygen atoms in total. The van der Waals surface area contributed by atoms with Crippen LogP contribution in [0, 0.1) is 0 Å². The van der Waals surface area contributed by atoms with E-state index >= 15 is 0 Å². The smallest absolute Gasteiger partial charge is 0.463 e. The highest BCUT2D eigenvalue weighted by atomic mass is 19.4. The predicted molar refractivity (Wildman–Crippen MR) is 59.2 cm³/mol. The van der Waals surface area contributed by atoms with Gasteiger partial charge in [-0.05, 0) is 12.1 Å². The zero-order valence-electron chi connectivity index (χ0n) is 10.3. The van der Waals surface area contributed by atoms with E-state index in [0.717, 1.165) is 12.1 Å². The van der Waals surface area contributed by atoms with Gasteiger partial charge in [-0.15, -0.1) is 0 Å². The quantitative estimate of drug-likeness (QED) is 0.870. The molecule has 0 aliphatic rings. The number of rotatable bonds is 4. The lowest BCUT2D eigenvalue weighted by atomic mass is 10.2. The normalized spacial score (nSPS) is 11.9. The lowest BCUT2D eigenvalue weighted by Crippen LogP contribution is -2.47. The molecular weight excluding hydrogens is 289 g/mol. The Morgan fingerprint density at radius 3 is 2.05 bits per heavy atom. The molecule has 0 spiro atoms. The number of hydrogen-bond donors (Lipinski definition) is 1. The van der Waals surface area contributed by atoms with Gasteiger partial charge in [0, 0.05) is 11.8 Å². The zero-order chi connectivity index (χ0) is 15.6. The molecule has 0 aromatic heterocycles. The van der Waals surface area contributed by atoms with Crippen LogP contribution in [0.3, 0.4) is 0 Å². The van der Waals surface area contributed by atoms with Crippen molar-refractivity contribution in [3.63, 3.8) is 0 Å². The van der Waals surface area contributed by atoms with Gasteiger partial charge in [0.15, 0.2) is 11.5 Å². The first-order chi connectivity index (χ1) is 9.13. The first-order valence-electron chi connectivity index (χ1n) is 5.11. The fourth-order valence-corrected chi connectivity index (χ4v) is 1.25. The minimum absolute atomic E-state index is 0.0700. The second-order valence-electron chi connectivity index (χ2n) is 3.60. The Morgan fingerprint density at radius 1 is 1.05 bits per heavy atom. The first-order valence-corrected chi connectivity index (χ1v) is 5.11. The zero-order valence-corrected chi connectivity index (χ0v) is 10.3. The van der Waals surface area contributed by atoms with Crippen LogP contribution in [-0.4, -0.2) is 32.2 Å². The molecule has 0 fully saturated rings. The van der Waals surface area contributed by atoms with Crippen molar-refractivity contribution in [3.8, 4) is 11.5 Å². The van der Waals surface area contributed by atoms with E-state index in [9.17, 15) is 26.7 Å². The molecule has 0 radical (unpaired) electrons. The third-order valence-corrected chi connectivity index (χ3v) is 2.28. The summed E-state index contributed by atoms with van der Waals surface area (Å²) >= 11 is 0. The van der Waals surface area contributed by atoms with E-state index in [1.807, 2.05) is 0 Å². The summed E-state index contributed by atoms with van der Waals surface area (Å²) in [6.07, 6.45) is -5.96. The highest BCUT2D eigenvalue weighted by molar-refractivity contribution is 5.96. The molecule has 0 aliphatic heterocycles. The van der Waals surface area contributed by atoms with Gasteiger partial charge in [-0.25, -0.2) is 0 Å². The lowest BCUT2D eigenvalue weighted by Gasteiger charge is -2.19. The second-order valence-corrected chi connectivity index (χ2v) is 3.60. The van der Waals surface area contributed by atoms with E-state index in [0.29, 0.717) is 0 Å². The molecule has 0 unspecified atom stereocenters. The van der Waals surface area contributed by atoms with E-state index in [4.69, 9.17) is 9.47 Å². The van der Waals surface area contributed by atoms with Gasteiger partial charge in [-0.3, -0.25) is 4.79 Å². The molecule has 112 valence electrons. The summed E-state index contributed by atoms with van der Waals surface area (Å²) in [7, 11) is 2.56. The molecule has 1 aromatic rings. The van der Waals surface area contributed by atoms with Crippen LogP contribution >= 0.6 is 0 Å². The Kier molecular flexibility index (Phi) is 4.41. The Morgan fingerprint density at radius 2 is 1.60 bits per heavy atom. The maximum atomic E-state index is 12.7. The van der Waals surface area contributed by atoms with Crippen molar-refractivity contribution in [1.29, 1.82) is 0 Å². The molecule has 20 heavy (non-hydrogen) atoms. The fraction of sp³-hybridized carbons (Fsp3) is 0.364. The van der Waals surface area contributed by atoms with Gasteiger partial charge in [0.05, 0.1) is 14.2 Å². The average molecular weight is 299 g/mol. The number of carbonyl (C=O) groups excluding carboxylic acids is 1. The third-order valence-electron chi connectivity index (χ3n) is 2.28. The highest BCUT2D eigenvalue weighted by Crippen LogP contribution is 2.37. The molecule has 1 amide bonds. The van der Waals surface area contributed by atoms with Crippen molar-refractivity contribution >= 4 is 11.6 Å². The number of nitrogens with one attached hydrogen (secondary N) is 1. The average Bonchev–Trinajstić information content (AvgIpc) is 2.37. The fourth-order valence-electron chi connectivity index (χ4n) is 1.25. The van der Waals surface area contributed by atoms with Crippen LogP contribution in [0.5, 0.6) is 11.5 Å². The summed E-state index contributed by atoms with van der Waals surface area (Å²) in [5.74, 6) is -7.66. The number of amides is 1. The molecule has 0 atom stereocenters. The van der Waals surface area contributed by atoms with Crippen LogP contribution in [0.25, 0.3) is 0 Å². The molecule has 0 saturated heterocycles. The second kappa shape index (κ2) is 5.51. The number of anilines is 1. The Bertz CT molecular complexity index is 501. The van der Waals surface area contributed by atoms with Crippen LogP contribution in [0.15, 0.2) is 18.2 Å². The predicted octanol–water partition coefficient (Wildman–Crippen LogP) is 2.84. The number of methoxy groups -OCH3 is 2. The lowest BCUT2D eigenvalue weighted by molar-refractivity contribution is -0.267. The summed E-state index contributed by atoms with van der Waals surface area (Å²) in [5.41, 5.74) is -0.281. The van der Waals surface area contributed by atoms with Crippen LogP contribution in [0.1, 0.15) is 0 Å². The maximum absolute atomic E-state index is 12.7. The van der Waals surface area contributed by atoms with E-state index in [-0.39, 0.29) is 17.2 Å². The molecule has 1 aromatic carbocycles. The van der Waals surface area contributed by atoms with Crippen LogP contribution in [0.4, 0.5) is 27.6 Å². The van der Waals surface area contributed by atoms with Gasteiger partial charge in [-0.1, -0.05) is 0 Å². The summed E-state index contributed by atoms with van der Waals surface area (Å²) < 4.78 is 71.2. The summed E-state index contributed by atoms with van der Waals surface area (Å²) in [4.78, 5) is 11.0. The van der Waals surface area contributed by atoms with Gasteiger partial charge < -0.3 is 14.8 Å². The largest absolute Gasteiger partial charge is 0.493 e. The van der Waals surface area contributed by atoms with Gasteiger partial charge in [-0.2, -0.15) is 22.0 Å². The van der Waals surface area contributed by atoms with Crippen molar-refractivity contribution in [2.75, 3.05) is 19.5 Å². The molecule has 9 heteroatoms. The van der Waals surface area contributed by atoms with E-state index < -0.39 is 18.0 Å². The summed E-state index contributed by atoms with van der Waals surface area (Å²) in [5, 5.41) is 1.47. The molecule has 0 heterocycles. The van der Waals surface area contributed by atoms with Gasteiger partial charge in [0.25, 0.3) is 0 Å². The number of ether oxygens (including phenoxy) is 2. The van der Waals surface area contributed by atoms with Crippen molar-refractivity contribution < 1.29 is 36.2 Å². The molecule has 0 saturated carbocycles. The molecule has 1 rings (SSSR count). The number of alkyl halides is 5. The van der Waals surface area contributed by atoms with E-state index in [2.05, 4.69) is 0 Å². The molecular formula is C11H10F5NO3. The van der Waals surface area contributed by atoms with Crippen molar-refractivity contribution in [2.24, 2.45) is 0 Å². The van der Waals surface area contributed by atoms with Crippen LogP contribution < -0.4 is 14.8 Å². The number of halogens is 5. The standard InChI is InChI=1S/C11H10F5NO3/c1-19-7-4-3-6(5-8(7)20-2)17-9(18)10(12,13)11(14,15)16/h3-5H,1-2H3,(H,17,18). The van der Waals surface area contributed by atoms with Crippen LogP contribution in [0.2, 0.25) is 0 Å². The van der Waals surface area contributed by atoms with Gasteiger partial charge in [0.2, 0.25) is 0 Å². The van der Waals surface area contributed by atoms with Crippen molar-refractivity contribution in [2.45, 2.75) is 12.1 Å². The monoisotopic (exact) mass is 299 g/mol. The molecule has 1 N–H and O–H groups in total. The number of benzene rings is 1. The number of hydrogen-bond acceptors (Lipinski definition) is 3. The Labute approximate surface area is 110 Å². The van der Waals surface area contributed by atoms with Crippen molar-refractivity contribution in [1.82, 2.24) is 0 Å². The highest BCUT2D eigenvalue weighted by Gasteiger charge is 2.63.